The molecule has 0 saturated carbocycles. The van der Waals surface area contributed by atoms with Gasteiger partial charge in [0.1, 0.15) is 0 Å². The Hall–Kier alpha value is -1.65. The van der Waals surface area contributed by atoms with E-state index in [2.05, 4.69) is 4.74 Å². The van der Waals surface area contributed by atoms with Crippen molar-refractivity contribution < 1.29 is 26.4 Å². The minimum atomic E-state index is -3.85. The number of ether oxygens (including phenoxy) is 1. The number of esters is 1. The Morgan fingerprint density at radius 3 is 2.57 bits per heavy atom. The number of rotatable bonds is 4. The van der Waals surface area contributed by atoms with Crippen LogP contribution in [0.3, 0.4) is 0 Å². The molecule has 0 unspecified atom stereocenters. The summed E-state index contributed by atoms with van der Waals surface area (Å²) in [7, 11) is -6.59. The van der Waals surface area contributed by atoms with Gasteiger partial charge < -0.3 is 4.74 Å². The van der Waals surface area contributed by atoms with E-state index in [0.717, 1.165) is 11.4 Å². The first-order valence-corrected chi connectivity index (χ1v) is 9.03. The number of hydrogen-bond acceptors (Lipinski definition) is 6. The zero-order valence-electron chi connectivity index (χ0n) is 11.1. The summed E-state index contributed by atoms with van der Waals surface area (Å²) in [5.41, 5.74) is 0.904. The smallest absolute Gasteiger partial charge is 0.322 e. The predicted molar refractivity (Wildman–Crippen MR) is 74.7 cm³/mol. The molecule has 0 aliphatic carbocycles. The number of anilines is 1. The number of nitrogens with two attached hydrogens (primary N) is 1. The van der Waals surface area contributed by atoms with Crippen molar-refractivity contribution in [3.63, 3.8) is 0 Å². The van der Waals surface area contributed by atoms with E-state index in [1.165, 1.54) is 18.2 Å². The number of methoxy groups -OCH3 is 1. The Morgan fingerprint density at radius 1 is 1.33 bits per heavy atom. The zero-order valence-corrected chi connectivity index (χ0v) is 12.8. The summed E-state index contributed by atoms with van der Waals surface area (Å²) in [5.74, 6) is -1.62. The summed E-state index contributed by atoms with van der Waals surface area (Å²) in [5, 5.41) is 5.03. The Labute approximate surface area is 122 Å². The van der Waals surface area contributed by atoms with Crippen molar-refractivity contribution in [2.24, 2.45) is 5.14 Å². The minimum Gasteiger partial charge on any atom is -0.468 e. The lowest BCUT2D eigenvalue weighted by Gasteiger charge is -2.18. The van der Waals surface area contributed by atoms with Gasteiger partial charge in [-0.1, -0.05) is 0 Å². The molecule has 0 aromatic heterocycles. The molecule has 10 heteroatoms. The summed E-state index contributed by atoms with van der Waals surface area (Å²) < 4.78 is 52.3. The third-order valence-corrected chi connectivity index (χ3v) is 5.66. The van der Waals surface area contributed by atoms with Crippen molar-refractivity contribution in [2.75, 3.05) is 23.7 Å². The maximum Gasteiger partial charge on any atom is 0.322 e. The van der Waals surface area contributed by atoms with Gasteiger partial charge in [-0.2, -0.15) is 0 Å². The summed E-state index contributed by atoms with van der Waals surface area (Å²) in [6.45, 7) is 0.142. The monoisotopic (exact) mass is 334 g/mol. The fourth-order valence-corrected chi connectivity index (χ4v) is 4.08. The number of sulfonamides is 2. The molecule has 1 aliphatic heterocycles. The van der Waals surface area contributed by atoms with Crippen LogP contribution >= 0.6 is 0 Å². The normalized spacial score (nSPS) is 14.9. The highest BCUT2D eigenvalue weighted by atomic mass is 32.2. The van der Waals surface area contributed by atoms with E-state index in [1.54, 1.807) is 0 Å². The first-order chi connectivity index (χ1) is 9.65. The van der Waals surface area contributed by atoms with E-state index in [4.69, 9.17) is 5.14 Å². The number of primary sulfonamides is 1. The maximum atomic E-state index is 12.1. The van der Waals surface area contributed by atoms with Crippen molar-refractivity contribution in [3.8, 4) is 0 Å². The largest absolute Gasteiger partial charge is 0.468 e. The van der Waals surface area contributed by atoms with Gasteiger partial charge in [-0.25, -0.2) is 22.0 Å². The molecule has 0 bridgehead atoms. The van der Waals surface area contributed by atoms with E-state index >= 15 is 0 Å². The standard InChI is InChI=1S/C11H14N2O6S2/c1-19-11(14)7-20(15,16)13-5-4-8-6-9(21(12,17)18)2-3-10(8)13/h2-3,6H,4-5,7H2,1H3,(H2,12,17,18). The van der Waals surface area contributed by atoms with Gasteiger partial charge in [-0.3, -0.25) is 9.10 Å². The van der Waals surface area contributed by atoms with E-state index in [-0.39, 0.29) is 11.4 Å². The number of carbonyl (C=O) groups is 1. The Kier molecular flexibility index (Phi) is 3.95. The lowest BCUT2D eigenvalue weighted by molar-refractivity contribution is -0.137. The number of hydrogen-bond donors (Lipinski definition) is 1. The first-order valence-electron chi connectivity index (χ1n) is 5.88. The second-order valence-electron chi connectivity index (χ2n) is 4.49. The van der Waals surface area contributed by atoms with Gasteiger partial charge in [0.25, 0.3) is 0 Å². The first kappa shape index (κ1) is 15.7. The quantitative estimate of drug-likeness (QED) is 0.719. The molecule has 1 aromatic rings. The van der Waals surface area contributed by atoms with Crippen LogP contribution in [-0.2, 0) is 36.0 Å². The van der Waals surface area contributed by atoms with Crippen LogP contribution < -0.4 is 9.44 Å². The fraction of sp³-hybridized carbons (Fsp3) is 0.364. The molecule has 1 aliphatic rings. The van der Waals surface area contributed by atoms with E-state index in [1.807, 2.05) is 0 Å². The number of fused-ring (bicyclic) bond motifs is 1. The Morgan fingerprint density at radius 2 is 2.00 bits per heavy atom. The summed E-state index contributed by atoms with van der Waals surface area (Å²) in [4.78, 5) is 11.1. The summed E-state index contributed by atoms with van der Waals surface area (Å²) in [6, 6.07) is 3.95. The van der Waals surface area contributed by atoms with Gasteiger partial charge >= 0.3 is 5.97 Å². The van der Waals surface area contributed by atoms with Crippen LogP contribution in [0.5, 0.6) is 0 Å². The van der Waals surface area contributed by atoms with Gasteiger partial charge in [0, 0.05) is 6.54 Å². The van der Waals surface area contributed by atoms with E-state index in [9.17, 15) is 21.6 Å². The van der Waals surface area contributed by atoms with Crippen molar-refractivity contribution in [1.29, 1.82) is 0 Å². The topological polar surface area (TPSA) is 124 Å². The maximum absolute atomic E-state index is 12.1. The lowest BCUT2D eigenvalue weighted by atomic mass is 10.2. The zero-order chi connectivity index (χ0) is 15.8. The summed E-state index contributed by atoms with van der Waals surface area (Å²) in [6.07, 6.45) is 0.346. The predicted octanol–water partition coefficient (Wildman–Crippen LogP) is -0.801. The Balaban J connectivity index is 2.37. The number of benzene rings is 1. The van der Waals surface area contributed by atoms with E-state index in [0.29, 0.717) is 17.7 Å². The van der Waals surface area contributed by atoms with Crippen LogP contribution in [-0.4, -0.2) is 42.2 Å². The van der Waals surface area contributed by atoms with Crippen molar-refractivity contribution in [2.45, 2.75) is 11.3 Å². The molecule has 2 rings (SSSR count). The molecule has 0 fully saturated rings. The molecule has 116 valence electrons. The SMILES string of the molecule is COC(=O)CS(=O)(=O)N1CCc2cc(S(N)(=O)=O)ccc21. The highest BCUT2D eigenvalue weighted by Gasteiger charge is 2.32. The molecule has 0 atom stereocenters. The average Bonchev–Trinajstić information content (AvgIpc) is 2.80. The lowest BCUT2D eigenvalue weighted by Crippen LogP contribution is -2.34. The second-order valence-corrected chi connectivity index (χ2v) is 7.94. The van der Waals surface area contributed by atoms with Gasteiger partial charge in [-0.05, 0) is 30.2 Å². The molecule has 8 nitrogen and oxygen atoms in total. The number of carbonyl (C=O) groups excluding carboxylic acids is 1. The van der Waals surface area contributed by atoms with Crippen LogP contribution in [0.25, 0.3) is 0 Å². The van der Waals surface area contributed by atoms with Crippen molar-refractivity contribution >= 4 is 31.7 Å². The fourth-order valence-electron chi connectivity index (χ4n) is 2.10. The molecule has 0 spiro atoms. The number of nitrogens with zero attached hydrogens (tertiary/aromatic N) is 1. The average molecular weight is 334 g/mol. The second kappa shape index (κ2) is 5.28. The van der Waals surface area contributed by atoms with Crippen LogP contribution in [0.2, 0.25) is 0 Å². The molecule has 0 amide bonds. The molecule has 1 aromatic carbocycles. The molecular formula is C11H14N2O6S2. The minimum absolute atomic E-state index is 0.0755. The van der Waals surface area contributed by atoms with E-state index < -0.39 is 31.8 Å². The van der Waals surface area contributed by atoms with Crippen LogP contribution in [0.15, 0.2) is 23.1 Å². The van der Waals surface area contributed by atoms with Crippen LogP contribution in [0, 0.1) is 0 Å². The van der Waals surface area contributed by atoms with Gasteiger partial charge in [-0.15, -0.1) is 0 Å². The van der Waals surface area contributed by atoms with Gasteiger partial charge in [0.05, 0.1) is 17.7 Å². The van der Waals surface area contributed by atoms with Gasteiger partial charge in [0.15, 0.2) is 5.75 Å². The van der Waals surface area contributed by atoms with Crippen molar-refractivity contribution in [1.82, 2.24) is 0 Å². The van der Waals surface area contributed by atoms with Gasteiger partial charge in [0.2, 0.25) is 20.0 Å². The molecular weight excluding hydrogens is 320 g/mol. The molecule has 21 heavy (non-hydrogen) atoms. The third kappa shape index (κ3) is 3.17. The highest BCUT2D eigenvalue weighted by molar-refractivity contribution is 7.93. The highest BCUT2D eigenvalue weighted by Crippen LogP contribution is 2.32. The van der Waals surface area contributed by atoms with Crippen LogP contribution in [0.1, 0.15) is 5.56 Å². The molecule has 1 heterocycles. The molecule has 0 saturated heterocycles. The summed E-state index contributed by atoms with van der Waals surface area (Å²) >= 11 is 0. The molecule has 2 N–H and O–H groups in total. The van der Waals surface area contributed by atoms with Crippen molar-refractivity contribution in [3.05, 3.63) is 23.8 Å². The third-order valence-electron chi connectivity index (χ3n) is 3.10. The molecule has 0 radical (unpaired) electrons. The van der Waals surface area contributed by atoms with Crippen LogP contribution in [0.4, 0.5) is 5.69 Å². The Bertz CT molecular complexity index is 785.